The number of ether oxygens (including phenoxy) is 1. The molecule has 0 bridgehead atoms. The predicted molar refractivity (Wildman–Crippen MR) is 96.1 cm³/mol. The molecule has 0 aromatic heterocycles. The second-order valence-corrected chi connectivity index (χ2v) is 8.47. The number of esters is 1. The van der Waals surface area contributed by atoms with E-state index in [1.165, 1.54) is 0 Å². The summed E-state index contributed by atoms with van der Waals surface area (Å²) in [6.07, 6.45) is 1.74. The Kier molecular flexibility index (Phi) is 6.20. The molecule has 0 amide bonds. The van der Waals surface area contributed by atoms with Gasteiger partial charge in [-0.1, -0.05) is 49.9 Å². The molecule has 126 valence electrons. The third-order valence-corrected chi connectivity index (χ3v) is 6.49. The number of para-hydroxylation sites is 2. The monoisotopic (exact) mass is 342 g/mol. The molecule has 0 heterocycles. The summed E-state index contributed by atoms with van der Waals surface area (Å²) in [5.41, 5.74) is -0.469. The first-order chi connectivity index (χ1) is 11.6. The molecule has 2 aromatic rings. The first-order valence-electron chi connectivity index (χ1n) is 7.88. The van der Waals surface area contributed by atoms with Crippen molar-refractivity contribution in [2.45, 2.75) is 25.6 Å². The van der Waals surface area contributed by atoms with Gasteiger partial charge in [0, 0.05) is 12.6 Å². The fraction of sp³-hybridized carbons (Fsp3) is 0.211. The maximum atomic E-state index is 11.7. The number of benzene rings is 2. The molecule has 4 nitrogen and oxygen atoms in total. The fourth-order valence-corrected chi connectivity index (χ4v) is 4.93. The van der Waals surface area contributed by atoms with Crippen molar-refractivity contribution >= 4 is 14.5 Å². The van der Waals surface area contributed by atoms with Crippen molar-refractivity contribution in [2.24, 2.45) is 0 Å². The lowest BCUT2D eigenvalue weighted by molar-refractivity contribution is -0.140. The summed E-state index contributed by atoms with van der Waals surface area (Å²) < 4.78 is 17.9. The molecule has 5 heteroatoms. The van der Waals surface area contributed by atoms with Gasteiger partial charge in [0.15, 0.2) is 5.73 Å². The first-order valence-corrected chi connectivity index (χ1v) is 10.3. The van der Waals surface area contributed by atoms with E-state index < -0.39 is 20.3 Å². The van der Waals surface area contributed by atoms with Gasteiger partial charge in [-0.3, -0.25) is 0 Å². The molecule has 0 N–H and O–H groups in total. The molecule has 24 heavy (non-hydrogen) atoms. The number of hydrogen-bond acceptors (Lipinski definition) is 4. The van der Waals surface area contributed by atoms with Gasteiger partial charge in [0.1, 0.15) is 11.5 Å². The molecule has 0 aliphatic heterocycles. The van der Waals surface area contributed by atoms with E-state index in [-0.39, 0.29) is 0 Å². The van der Waals surface area contributed by atoms with Crippen LogP contribution in [0, 0.1) is 0 Å². The first kappa shape index (κ1) is 17.8. The van der Waals surface area contributed by atoms with Crippen LogP contribution in [-0.2, 0) is 9.53 Å². The highest BCUT2D eigenvalue weighted by Crippen LogP contribution is 2.25. The highest BCUT2D eigenvalue weighted by Gasteiger charge is 2.47. The fourth-order valence-electron chi connectivity index (χ4n) is 2.35. The van der Waals surface area contributed by atoms with E-state index in [9.17, 15) is 4.79 Å². The van der Waals surface area contributed by atoms with Crippen molar-refractivity contribution in [3.05, 3.63) is 73.3 Å². The van der Waals surface area contributed by atoms with Crippen LogP contribution >= 0.6 is 0 Å². The van der Waals surface area contributed by atoms with Crippen LogP contribution in [0.25, 0.3) is 0 Å². The van der Waals surface area contributed by atoms with Crippen LogP contribution in [0.1, 0.15) is 13.3 Å². The summed E-state index contributed by atoms with van der Waals surface area (Å²) in [7, 11) is -2.93. The second-order valence-electron chi connectivity index (χ2n) is 5.38. The largest absolute Gasteiger partial charge is 0.510 e. The van der Waals surface area contributed by atoms with Crippen LogP contribution in [0.3, 0.4) is 0 Å². The van der Waals surface area contributed by atoms with Gasteiger partial charge in [0.05, 0.1) is 0 Å². The Morgan fingerprint density at radius 1 is 1.04 bits per heavy atom. The van der Waals surface area contributed by atoms with Crippen molar-refractivity contribution in [1.82, 2.24) is 0 Å². The standard InChI is InChI=1S/C19H22O4Si/c1-4-18(20)21-19(5-2)24(3,22-16-12-8-6-9-13-16)23-17-14-10-7-11-15-17/h4,6-15,19H,1,5H2,2-3H3. The van der Waals surface area contributed by atoms with Crippen molar-refractivity contribution < 1.29 is 18.4 Å². The minimum Gasteiger partial charge on any atom is -0.510 e. The van der Waals surface area contributed by atoms with Gasteiger partial charge in [0.2, 0.25) is 0 Å². The van der Waals surface area contributed by atoms with Gasteiger partial charge in [-0.15, -0.1) is 0 Å². The number of hydrogen-bond donors (Lipinski definition) is 0. The molecule has 0 spiro atoms. The van der Waals surface area contributed by atoms with Crippen molar-refractivity contribution in [3.63, 3.8) is 0 Å². The highest BCUT2D eigenvalue weighted by atomic mass is 28.4. The molecule has 0 radical (unpaired) electrons. The third-order valence-electron chi connectivity index (χ3n) is 3.51. The lowest BCUT2D eigenvalue weighted by Crippen LogP contribution is -2.57. The van der Waals surface area contributed by atoms with Crippen LogP contribution in [0.2, 0.25) is 6.55 Å². The van der Waals surface area contributed by atoms with Gasteiger partial charge < -0.3 is 13.6 Å². The molecule has 2 rings (SSSR count). The molecule has 0 saturated carbocycles. The Labute approximate surface area is 143 Å². The minimum absolute atomic E-state index is 0.469. The molecule has 1 atom stereocenters. The van der Waals surface area contributed by atoms with E-state index >= 15 is 0 Å². The highest BCUT2D eigenvalue weighted by molar-refractivity contribution is 6.69. The molecule has 1 unspecified atom stereocenters. The third kappa shape index (κ3) is 4.73. The lowest BCUT2D eigenvalue weighted by atomic mass is 10.3. The Morgan fingerprint density at radius 3 is 1.88 bits per heavy atom. The lowest BCUT2D eigenvalue weighted by Gasteiger charge is -2.33. The van der Waals surface area contributed by atoms with Gasteiger partial charge in [-0.25, -0.2) is 4.79 Å². The van der Waals surface area contributed by atoms with Crippen molar-refractivity contribution in [3.8, 4) is 11.5 Å². The molecule has 0 fully saturated rings. The SMILES string of the molecule is C=CC(=O)OC(CC)[Si](C)(Oc1ccccc1)Oc1ccccc1. The Hall–Kier alpha value is -2.53. The van der Waals surface area contributed by atoms with E-state index in [0.29, 0.717) is 17.9 Å². The maximum Gasteiger partial charge on any atom is 0.499 e. The quantitative estimate of drug-likeness (QED) is 0.408. The summed E-state index contributed by atoms with van der Waals surface area (Å²) in [6.45, 7) is 7.30. The summed E-state index contributed by atoms with van der Waals surface area (Å²) in [6, 6.07) is 18.9. The molecular weight excluding hydrogens is 320 g/mol. The Morgan fingerprint density at radius 2 is 1.50 bits per heavy atom. The zero-order valence-corrected chi connectivity index (χ0v) is 15.0. The van der Waals surface area contributed by atoms with E-state index in [4.69, 9.17) is 13.6 Å². The molecule has 0 saturated heterocycles. The van der Waals surface area contributed by atoms with E-state index in [2.05, 4.69) is 6.58 Å². The van der Waals surface area contributed by atoms with Crippen LogP contribution < -0.4 is 8.85 Å². The topological polar surface area (TPSA) is 44.8 Å². The van der Waals surface area contributed by atoms with E-state index in [1.807, 2.05) is 74.1 Å². The van der Waals surface area contributed by atoms with Crippen LogP contribution in [0.4, 0.5) is 0 Å². The minimum atomic E-state index is -2.93. The average molecular weight is 342 g/mol. The van der Waals surface area contributed by atoms with Gasteiger partial charge in [0.25, 0.3) is 0 Å². The van der Waals surface area contributed by atoms with Crippen LogP contribution in [0.15, 0.2) is 73.3 Å². The normalized spacial score (nSPS) is 12.1. The second kappa shape index (κ2) is 8.36. The predicted octanol–water partition coefficient (Wildman–Crippen LogP) is 4.26. The number of rotatable bonds is 8. The molecular formula is C19H22O4Si. The van der Waals surface area contributed by atoms with E-state index in [1.54, 1.807) is 0 Å². The van der Waals surface area contributed by atoms with Crippen molar-refractivity contribution in [1.29, 1.82) is 0 Å². The summed E-state index contributed by atoms with van der Waals surface area (Å²) in [5, 5.41) is 0. The molecule has 2 aromatic carbocycles. The zero-order valence-electron chi connectivity index (χ0n) is 14.0. The number of carbonyl (C=O) groups is 1. The summed E-state index contributed by atoms with van der Waals surface area (Å²) in [4.78, 5) is 11.7. The smallest absolute Gasteiger partial charge is 0.499 e. The molecule has 0 aliphatic carbocycles. The maximum absolute atomic E-state index is 11.7. The molecule has 0 aliphatic rings. The van der Waals surface area contributed by atoms with Crippen LogP contribution in [0.5, 0.6) is 11.5 Å². The summed E-state index contributed by atoms with van der Waals surface area (Å²) >= 11 is 0. The van der Waals surface area contributed by atoms with Crippen LogP contribution in [-0.4, -0.2) is 20.3 Å². The van der Waals surface area contributed by atoms with E-state index in [0.717, 1.165) is 6.08 Å². The zero-order chi connectivity index (χ0) is 17.4. The van der Waals surface area contributed by atoms with Gasteiger partial charge in [-0.2, -0.15) is 0 Å². The Bertz CT molecular complexity index is 616. The number of carbonyl (C=O) groups excluding carboxylic acids is 1. The van der Waals surface area contributed by atoms with Gasteiger partial charge in [-0.05, 0) is 30.7 Å². The summed E-state index contributed by atoms with van der Waals surface area (Å²) in [5.74, 6) is 0.903. The van der Waals surface area contributed by atoms with Gasteiger partial charge >= 0.3 is 14.5 Å². The Balaban J connectivity index is 2.31. The average Bonchev–Trinajstić information content (AvgIpc) is 2.60. The van der Waals surface area contributed by atoms with Crippen molar-refractivity contribution in [2.75, 3.05) is 0 Å².